The molecule has 0 aliphatic carbocycles. The van der Waals surface area contributed by atoms with Crippen LogP contribution in [0.2, 0.25) is 0 Å². The molecule has 1 aromatic heterocycles. The number of aromatic nitrogens is 2. The summed E-state index contributed by atoms with van der Waals surface area (Å²) in [5.41, 5.74) is 1.69. The Hall–Kier alpha value is -3.02. The zero-order chi connectivity index (χ0) is 19.8. The van der Waals surface area contributed by atoms with Crippen LogP contribution in [0.15, 0.2) is 48.5 Å². The molecule has 6 heteroatoms. The Labute approximate surface area is 161 Å². The van der Waals surface area contributed by atoms with Gasteiger partial charge in [-0.2, -0.15) is 4.98 Å². The smallest absolute Gasteiger partial charge is 0.316 e. The molecule has 28 heavy (non-hydrogen) atoms. The molecule has 0 spiro atoms. The van der Waals surface area contributed by atoms with Crippen molar-refractivity contribution in [3.63, 3.8) is 0 Å². The second-order valence-electron chi connectivity index (χ2n) is 7.42. The monoisotopic (exact) mass is 382 g/mol. The molecule has 0 fully saturated rings. The van der Waals surface area contributed by atoms with E-state index in [1.165, 1.54) is 0 Å². The molecule has 1 aliphatic rings. The Morgan fingerprint density at radius 1 is 1.14 bits per heavy atom. The Morgan fingerprint density at radius 3 is 2.61 bits per heavy atom. The van der Waals surface area contributed by atoms with Crippen LogP contribution in [0.4, 0.5) is 8.78 Å². The topological polar surface area (TPSA) is 55.0 Å². The lowest BCUT2D eigenvalue weighted by Gasteiger charge is -2.31. The van der Waals surface area contributed by atoms with E-state index in [-0.39, 0.29) is 41.0 Å². The number of nitrogens with zero attached hydrogens (tertiary/aromatic N) is 1. The first-order valence-electron chi connectivity index (χ1n) is 9.25. The Morgan fingerprint density at radius 2 is 1.89 bits per heavy atom. The summed E-state index contributed by atoms with van der Waals surface area (Å²) in [5, 5.41) is 0. The minimum atomic E-state index is -0.597. The van der Waals surface area contributed by atoms with Crippen LogP contribution < -0.4 is 4.74 Å². The Balaban J connectivity index is 1.75. The molecule has 144 valence electrons. The minimum Gasteiger partial charge on any atom is -0.405 e. The van der Waals surface area contributed by atoms with Gasteiger partial charge < -0.3 is 9.72 Å². The second-order valence-corrected chi connectivity index (χ2v) is 7.42. The van der Waals surface area contributed by atoms with E-state index in [1.54, 1.807) is 0 Å². The molecule has 4 nitrogen and oxygen atoms in total. The maximum absolute atomic E-state index is 14.2. The molecule has 3 aromatic rings. The van der Waals surface area contributed by atoms with Gasteiger partial charge in [0, 0.05) is 5.92 Å². The molecule has 0 amide bonds. The molecular formula is C22H20F2N2O2. The van der Waals surface area contributed by atoms with E-state index in [4.69, 9.17) is 4.74 Å². The molecule has 0 saturated heterocycles. The van der Waals surface area contributed by atoms with Gasteiger partial charge in [-0.25, -0.2) is 8.78 Å². The number of carbonyl (C=O) groups is 1. The van der Waals surface area contributed by atoms with Crippen molar-refractivity contribution >= 4 is 5.97 Å². The number of fused-ring (bicyclic) bond motifs is 1. The highest BCUT2D eigenvalue weighted by molar-refractivity contribution is 5.79. The van der Waals surface area contributed by atoms with E-state index < -0.39 is 11.6 Å². The highest BCUT2D eigenvalue weighted by Crippen LogP contribution is 2.43. The predicted molar refractivity (Wildman–Crippen MR) is 101 cm³/mol. The quantitative estimate of drug-likeness (QED) is 0.655. The summed E-state index contributed by atoms with van der Waals surface area (Å²) in [4.78, 5) is 20.1. The van der Waals surface area contributed by atoms with Crippen molar-refractivity contribution in [3.8, 4) is 17.3 Å². The van der Waals surface area contributed by atoms with Crippen LogP contribution in [0.1, 0.15) is 31.0 Å². The number of hydrogen-bond acceptors (Lipinski definition) is 3. The van der Waals surface area contributed by atoms with Gasteiger partial charge in [-0.3, -0.25) is 4.79 Å². The first kappa shape index (κ1) is 18.3. The molecule has 0 bridgehead atoms. The van der Waals surface area contributed by atoms with Gasteiger partial charge in [0.05, 0.1) is 17.2 Å². The summed E-state index contributed by atoms with van der Waals surface area (Å²) >= 11 is 0. The predicted octanol–water partition coefficient (Wildman–Crippen LogP) is 4.87. The highest BCUT2D eigenvalue weighted by atomic mass is 19.1. The van der Waals surface area contributed by atoms with Gasteiger partial charge in [-0.1, -0.05) is 44.2 Å². The van der Waals surface area contributed by atoms with E-state index >= 15 is 0 Å². The lowest BCUT2D eigenvalue weighted by Crippen LogP contribution is -2.35. The lowest BCUT2D eigenvalue weighted by molar-refractivity contribution is -0.142. The fourth-order valence-corrected chi connectivity index (χ4v) is 3.88. The van der Waals surface area contributed by atoms with Crippen molar-refractivity contribution in [2.24, 2.45) is 11.8 Å². The summed E-state index contributed by atoms with van der Waals surface area (Å²) in [6, 6.07) is 12.9. The van der Waals surface area contributed by atoms with E-state index in [9.17, 15) is 13.6 Å². The molecule has 4 rings (SSSR count). The molecule has 2 aromatic carbocycles. The van der Waals surface area contributed by atoms with Crippen LogP contribution in [0.3, 0.4) is 0 Å². The maximum atomic E-state index is 14.2. The summed E-state index contributed by atoms with van der Waals surface area (Å²) in [6.45, 7) is 4.04. The van der Waals surface area contributed by atoms with E-state index in [1.807, 2.05) is 44.2 Å². The number of benzene rings is 2. The first-order chi connectivity index (χ1) is 13.4. The van der Waals surface area contributed by atoms with Gasteiger partial charge >= 0.3 is 5.97 Å². The third kappa shape index (κ3) is 3.30. The minimum absolute atomic E-state index is 0.00700. The number of halogens is 2. The summed E-state index contributed by atoms with van der Waals surface area (Å²) in [5.74, 6) is -1.66. The Kier molecular flexibility index (Phi) is 4.71. The molecule has 0 saturated carbocycles. The van der Waals surface area contributed by atoms with Gasteiger partial charge in [-0.05, 0) is 36.1 Å². The van der Waals surface area contributed by atoms with Crippen molar-refractivity contribution < 1.29 is 18.3 Å². The third-order valence-corrected chi connectivity index (χ3v) is 5.16. The number of nitrogens with one attached hydrogen (secondary N) is 1. The van der Waals surface area contributed by atoms with Crippen molar-refractivity contribution in [1.82, 2.24) is 9.97 Å². The number of rotatable bonds is 4. The third-order valence-electron chi connectivity index (χ3n) is 5.16. The lowest BCUT2D eigenvalue weighted by atomic mass is 9.77. The van der Waals surface area contributed by atoms with Crippen molar-refractivity contribution in [2.75, 3.05) is 0 Å². The molecule has 1 N–H and O–H groups in total. The number of H-pyrrole nitrogens is 1. The molecule has 2 atom stereocenters. The van der Waals surface area contributed by atoms with Crippen molar-refractivity contribution in [3.05, 3.63) is 71.4 Å². The highest BCUT2D eigenvalue weighted by Gasteiger charge is 2.42. The molecule has 2 heterocycles. The molecule has 0 radical (unpaired) electrons. The zero-order valence-electron chi connectivity index (χ0n) is 15.6. The summed E-state index contributed by atoms with van der Waals surface area (Å²) in [6.07, 6.45) is 0.532. The van der Waals surface area contributed by atoms with Crippen molar-refractivity contribution in [1.29, 1.82) is 0 Å². The first-order valence-corrected chi connectivity index (χ1v) is 9.25. The van der Waals surface area contributed by atoms with E-state index in [0.717, 1.165) is 23.8 Å². The van der Waals surface area contributed by atoms with Gasteiger partial charge in [0.15, 0.2) is 0 Å². The van der Waals surface area contributed by atoms with Crippen molar-refractivity contribution in [2.45, 2.75) is 26.2 Å². The van der Waals surface area contributed by atoms with Crippen LogP contribution >= 0.6 is 0 Å². The van der Waals surface area contributed by atoms with Gasteiger partial charge in [-0.15, -0.1) is 0 Å². The number of ether oxygens (including phenoxy) is 1. The number of esters is 1. The second kappa shape index (κ2) is 7.19. The number of aromatic amines is 1. The normalized spacial score (nSPS) is 18.8. The largest absolute Gasteiger partial charge is 0.405 e. The maximum Gasteiger partial charge on any atom is 0.316 e. The number of carbonyl (C=O) groups excluding carboxylic acids is 1. The zero-order valence-corrected chi connectivity index (χ0v) is 15.6. The summed E-state index contributed by atoms with van der Waals surface area (Å²) in [7, 11) is 0. The van der Waals surface area contributed by atoms with E-state index in [2.05, 4.69) is 9.97 Å². The van der Waals surface area contributed by atoms with Crippen LogP contribution in [0.5, 0.6) is 5.88 Å². The van der Waals surface area contributed by atoms with Gasteiger partial charge in [0.25, 0.3) is 0 Å². The SMILES string of the molecule is CC(C)C1c2[nH]c(-c3cc(F)ccc3F)nc2OC(=O)[C@H]1Cc1ccccc1. The number of imidazole rings is 1. The van der Waals surface area contributed by atoms with E-state index in [0.29, 0.717) is 12.1 Å². The molecular weight excluding hydrogens is 362 g/mol. The summed E-state index contributed by atoms with van der Waals surface area (Å²) < 4.78 is 33.2. The van der Waals surface area contributed by atoms with Gasteiger partial charge in [0.2, 0.25) is 5.88 Å². The average molecular weight is 382 g/mol. The fourth-order valence-electron chi connectivity index (χ4n) is 3.88. The van der Waals surface area contributed by atoms with Crippen LogP contribution in [0.25, 0.3) is 11.4 Å². The Bertz CT molecular complexity index is 1010. The van der Waals surface area contributed by atoms with Crippen LogP contribution in [0, 0.1) is 23.5 Å². The number of hydrogen-bond donors (Lipinski definition) is 1. The van der Waals surface area contributed by atoms with Gasteiger partial charge in [0.1, 0.15) is 17.5 Å². The average Bonchev–Trinajstić information content (AvgIpc) is 3.07. The van der Waals surface area contributed by atoms with Crippen LogP contribution in [-0.4, -0.2) is 15.9 Å². The van der Waals surface area contributed by atoms with Crippen LogP contribution in [-0.2, 0) is 11.2 Å². The standard InChI is InChI=1S/C22H20F2N2O2/c1-12(2)18-16(10-13-6-4-3-5-7-13)22(27)28-21-19(18)25-20(26-21)15-11-14(23)8-9-17(15)24/h3-9,11-12,16,18H,10H2,1-2H3,(H,25,26)/t16-,18?/m0/s1. The molecule has 1 unspecified atom stereocenters. The molecule has 1 aliphatic heterocycles. The fraction of sp³-hybridized carbons (Fsp3) is 0.273.